The molecule has 4 rings (SSSR count). The normalized spacial score (nSPS) is 19.6. The van der Waals surface area contributed by atoms with Gasteiger partial charge in [0, 0.05) is 30.9 Å². The summed E-state index contributed by atoms with van der Waals surface area (Å²) in [6.45, 7) is 0.946. The van der Waals surface area contributed by atoms with Crippen LogP contribution in [0.15, 0.2) is 34.6 Å². The minimum absolute atomic E-state index is 0.0544. The molecule has 1 atom stereocenters. The summed E-state index contributed by atoms with van der Waals surface area (Å²) in [6.07, 6.45) is 1.02. The lowest BCUT2D eigenvalue weighted by Gasteiger charge is -2.32. The molecule has 0 radical (unpaired) electrons. The van der Waals surface area contributed by atoms with Crippen molar-refractivity contribution < 1.29 is 33.0 Å². The molecule has 2 aliphatic rings. The lowest BCUT2D eigenvalue weighted by molar-refractivity contribution is -0.147. The number of carbonyl (C=O) groups is 3. The topological polar surface area (TPSA) is 87.2 Å². The second-order valence-corrected chi connectivity index (χ2v) is 10.5. The molecule has 0 bridgehead atoms. The van der Waals surface area contributed by atoms with Gasteiger partial charge in [-0.3, -0.25) is 19.3 Å². The second-order valence-electron chi connectivity index (χ2n) is 7.88. The maximum atomic E-state index is 13.5. The van der Waals surface area contributed by atoms with Gasteiger partial charge in [0.2, 0.25) is 5.91 Å². The molecule has 0 saturated carbocycles. The summed E-state index contributed by atoms with van der Waals surface area (Å²) in [4.78, 5) is 40.5. The fourth-order valence-corrected chi connectivity index (χ4v) is 5.93. The molecule has 2 aliphatic heterocycles. The summed E-state index contributed by atoms with van der Waals surface area (Å²) in [7, 11) is 0. The van der Waals surface area contributed by atoms with Crippen LogP contribution in [-0.2, 0) is 19.1 Å². The average Bonchev–Trinajstić information content (AvgIpc) is 3.38. The highest BCUT2D eigenvalue weighted by atomic mass is 32.2. The number of carbonyl (C=O) groups excluding carboxylic acids is 2. The van der Waals surface area contributed by atoms with E-state index in [0.717, 1.165) is 28.8 Å². The molecule has 1 aromatic heterocycles. The Morgan fingerprint density at radius 1 is 1.23 bits per heavy atom. The van der Waals surface area contributed by atoms with E-state index in [2.05, 4.69) is 0 Å². The zero-order chi connectivity index (χ0) is 25.1. The van der Waals surface area contributed by atoms with Crippen LogP contribution in [-0.4, -0.2) is 69.4 Å². The van der Waals surface area contributed by atoms with Gasteiger partial charge < -0.3 is 14.7 Å². The quantitative estimate of drug-likeness (QED) is 0.422. The Hall–Kier alpha value is -2.67. The van der Waals surface area contributed by atoms with Crippen LogP contribution < -0.4 is 0 Å². The van der Waals surface area contributed by atoms with E-state index in [9.17, 15) is 23.2 Å². The Balaban J connectivity index is 1.37. The summed E-state index contributed by atoms with van der Waals surface area (Å²) in [5.74, 6) is -3.34. The lowest BCUT2D eigenvalue weighted by atomic mass is 10.1. The van der Waals surface area contributed by atoms with Crippen molar-refractivity contribution in [3.8, 4) is 11.1 Å². The van der Waals surface area contributed by atoms with E-state index in [1.807, 2.05) is 0 Å². The number of morpholine rings is 1. The van der Waals surface area contributed by atoms with Gasteiger partial charge in [-0.1, -0.05) is 30.0 Å². The van der Waals surface area contributed by atoms with Gasteiger partial charge in [-0.2, -0.15) is 0 Å². The van der Waals surface area contributed by atoms with Crippen LogP contribution in [0.5, 0.6) is 0 Å². The van der Waals surface area contributed by atoms with Crippen LogP contribution in [0.2, 0.25) is 0 Å². The van der Waals surface area contributed by atoms with Crippen molar-refractivity contribution in [2.75, 3.05) is 26.2 Å². The second kappa shape index (κ2) is 10.9. The van der Waals surface area contributed by atoms with Crippen LogP contribution >= 0.6 is 35.3 Å². The Morgan fingerprint density at radius 2 is 2.03 bits per heavy atom. The number of carboxylic acid groups (broad SMARTS) is 1. The summed E-state index contributed by atoms with van der Waals surface area (Å²) >= 11 is 7.83. The molecule has 0 aliphatic carbocycles. The smallest absolute Gasteiger partial charge is 0.306 e. The molecule has 2 saturated heterocycles. The number of hydrogen-bond donors (Lipinski definition) is 1. The molecule has 2 amide bonds. The third kappa shape index (κ3) is 6.13. The SMILES string of the molecule is O=C(O)CC1CN(C(=O)CCN2C(=O)C(=Cc3cc(-c4ccc(F)c(F)c4)cs3)SC2=S)CCO1. The maximum absolute atomic E-state index is 13.5. The molecule has 7 nitrogen and oxygen atoms in total. The highest BCUT2D eigenvalue weighted by molar-refractivity contribution is 8.26. The Kier molecular flexibility index (Phi) is 7.95. The highest BCUT2D eigenvalue weighted by Gasteiger charge is 2.33. The van der Waals surface area contributed by atoms with Crippen molar-refractivity contribution in [2.45, 2.75) is 18.9 Å². The average molecular weight is 539 g/mol. The first-order valence-electron chi connectivity index (χ1n) is 10.6. The van der Waals surface area contributed by atoms with Crippen molar-refractivity contribution in [3.63, 3.8) is 0 Å². The maximum Gasteiger partial charge on any atom is 0.306 e. The van der Waals surface area contributed by atoms with Crippen LogP contribution in [0.4, 0.5) is 8.78 Å². The van der Waals surface area contributed by atoms with Gasteiger partial charge in [0.05, 0.1) is 24.0 Å². The number of thiophene rings is 1. The molecule has 1 unspecified atom stereocenters. The van der Waals surface area contributed by atoms with Gasteiger partial charge in [-0.15, -0.1) is 11.3 Å². The fourth-order valence-electron chi connectivity index (χ4n) is 3.71. The summed E-state index contributed by atoms with van der Waals surface area (Å²) < 4.78 is 32.5. The molecule has 184 valence electrons. The first kappa shape index (κ1) is 25.4. The number of amides is 2. The molecular weight excluding hydrogens is 518 g/mol. The van der Waals surface area contributed by atoms with E-state index < -0.39 is 23.7 Å². The number of carboxylic acids is 1. The number of ether oxygens (including phenoxy) is 1. The van der Waals surface area contributed by atoms with E-state index in [1.54, 1.807) is 22.4 Å². The van der Waals surface area contributed by atoms with E-state index in [0.29, 0.717) is 26.9 Å². The van der Waals surface area contributed by atoms with E-state index >= 15 is 0 Å². The third-order valence-corrected chi connectivity index (χ3v) is 7.72. The van der Waals surface area contributed by atoms with E-state index in [4.69, 9.17) is 22.1 Å². The Morgan fingerprint density at radius 3 is 2.77 bits per heavy atom. The number of thiocarbonyl (C=S) groups is 1. The monoisotopic (exact) mass is 538 g/mol. The van der Waals surface area contributed by atoms with Gasteiger partial charge in [-0.05, 0) is 40.8 Å². The number of aliphatic carboxylic acids is 1. The van der Waals surface area contributed by atoms with Crippen molar-refractivity contribution >= 4 is 63.5 Å². The molecule has 2 aromatic rings. The number of hydrogen-bond acceptors (Lipinski definition) is 7. The minimum atomic E-state index is -0.989. The third-order valence-electron chi connectivity index (χ3n) is 5.46. The van der Waals surface area contributed by atoms with Crippen LogP contribution in [0.1, 0.15) is 17.7 Å². The number of benzene rings is 1. The van der Waals surface area contributed by atoms with Gasteiger partial charge in [0.15, 0.2) is 11.6 Å². The van der Waals surface area contributed by atoms with Crippen molar-refractivity contribution in [2.24, 2.45) is 0 Å². The van der Waals surface area contributed by atoms with E-state index in [-0.39, 0.29) is 44.4 Å². The van der Waals surface area contributed by atoms with Gasteiger partial charge in [0.1, 0.15) is 4.32 Å². The number of thioether (sulfide) groups is 1. The van der Waals surface area contributed by atoms with Crippen LogP contribution in [0, 0.1) is 11.6 Å². The minimum Gasteiger partial charge on any atom is -0.481 e. The standard InChI is InChI=1S/C23H20F2N2O5S3/c24-17-2-1-13(8-18(17)25)14-7-16(34-12-14)10-19-22(31)27(23(33)35-19)4-3-20(28)26-5-6-32-15(11-26)9-21(29)30/h1-2,7-8,10,12,15H,3-6,9,11H2,(H,29,30). The highest BCUT2D eigenvalue weighted by Crippen LogP contribution is 2.35. The molecule has 3 heterocycles. The molecule has 35 heavy (non-hydrogen) atoms. The van der Waals surface area contributed by atoms with Crippen molar-refractivity contribution in [3.05, 3.63) is 51.1 Å². The zero-order valence-corrected chi connectivity index (χ0v) is 20.7. The fraction of sp³-hybridized carbons (Fsp3) is 0.304. The van der Waals surface area contributed by atoms with Crippen LogP contribution in [0.3, 0.4) is 0 Å². The predicted molar refractivity (Wildman–Crippen MR) is 133 cm³/mol. The first-order valence-corrected chi connectivity index (χ1v) is 12.7. The molecule has 1 N–H and O–H groups in total. The van der Waals surface area contributed by atoms with Gasteiger partial charge in [0.25, 0.3) is 5.91 Å². The zero-order valence-electron chi connectivity index (χ0n) is 18.2. The van der Waals surface area contributed by atoms with Crippen molar-refractivity contribution in [1.29, 1.82) is 0 Å². The molecule has 0 spiro atoms. The van der Waals surface area contributed by atoms with Gasteiger partial charge in [-0.25, -0.2) is 8.78 Å². The predicted octanol–water partition coefficient (Wildman–Crippen LogP) is 3.99. The summed E-state index contributed by atoms with van der Waals surface area (Å²) in [5.41, 5.74) is 1.23. The first-order chi connectivity index (χ1) is 16.7. The Bertz CT molecular complexity index is 1220. The lowest BCUT2D eigenvalue weighted by Crippen LogP contribution is -2.47. The number of nitrogens with zero attached hydrogens (tertiary/aromatic N) is 2. The molecule has 1 aromatic carbocycles. The van der Waals surface area contributed by atoms with Crippen LogP contribution in [0.25, 0.3) is 17.2 Å². The Labute approximate surface area is 213 Å². The molecular formula is C23H20F2N2O5S3. The van der Waals surface area contributed by atoms with E-state index in [1.165, 1.54) is 22.3 Å². The van der Waals surface area contributed by atoms with Crippen molar-refractivity contribution in [1.82, 2.24) is 9.80 Å². The van der Waals surface area contributed by atoms with Gasteiger partial charge >= 0.3 is 5.97 Å². The largest absolute Gasteiger partial charge is 0.481 e. The summed E-state index contributed by atoms with van der Waals surface area (Å²) in [5, 5.41) is 10.7. The number of halogens is 2. The molecule has 12 heteroatoms. The summed E-state index contributed by atoms with van der Waals surface area (Å²) in [6, 6.07) is 5.45. The number of rotatable bonds is 7. The molecule has 2 fully saturated rings.